The van der Waals surface area contributed by atoms with Crippen molar-refractivity contribution in [3.05, 3.63) is 28.3 Å². The lowest BCUT2D eigenvalue weighted by molar-refractivity contribution is 0.159. The van der Waals surface area contributed by atoms with Gasteiger partial charge >= 0.3 is 11.7 Å². The van der Waals surface area contributed by atoms with Crippen molar-refractivity contribution in [1.82, 2.24) is 30.5 Å². The molecule has 1 unspecified atom stereocenters. The molecule has 11 heteroatoms. The molecule has 4 N–H and O–H groups in total. The fourth-order valence-electron chi connectivity index (χ4n) is 2.90. The molecule has 136 valence electrons. The molecule has 0 aromatic carbocycles. The number of carbonyl (C=O) groups is 1. The molecule has 0 radical (unpaired) electrons. The monoisotopic (exact) mass is 368 g/mol. The third-order valence-electron chi connectivity index (χ3n) is 4.07. The lowest BCUT2D eigenvalue weighted by Crippen LogP contribution is -2.52. The molecule has 2 aromatic rings. The number of nitrogens with zero attached hydrogens (tertiary/aromatic N) is 2. The molecule has 1 fully saturated rings. The second-order valence-corrected chi connectivity index (χ2v) is 8.24. The van der Waals surface area contributed by atoms with Gasteiger partial charge in [-0.15, -0.1) is 0 Å². The molecule has 0 saturated carbocycles. The van der Waals surface area contributed by atoms with E-state index in [-0.39, 0.29) is 30.1 Å². The highest BCUT2D eigenvalue weighted by atomic mass is 32.2. The van der Waals surface area contributed by atoms with E-state index >= 15 is 0 Å². The van der Waals surface area contributed by atoms with Crippen molar-refractivity contribution in [1.29, 1.82) is 0 Å². The van der Waals surface area contributed by atoms with Crippen molar-refractivity contribution in [3.63, 3.8) is 0 Å². The van der Waals surface area contributed by atoms with E-state index < -0.39 is 9.84 Å². The molecule has 0 bridgehead atoms. The van der Waals surface area contributed by atoms with Gasteiger partial charge in [0.25, 0.3) is 0 Å². The van der Waals surface area contributed by atoms with Crippen LogP contribution < -0.4 is 16.3 Å². The fraction of sp³-hybridized carbons (Fsp3) is 0.500. The zero-order valence-corrected chi connectivity index (χ0v) is 14.5. The number of aromatic nitrogens is 3. The predicted octanol–water partition coefficient (Wildman–Crippen LogP) is -1.05. The topological polar surface area (TPSA) is 140 Å². The van der Waals surface area contributed by atoms with E-state index in [1.165, 1.54) is 0 Å². The van der Waals surface area contributed by atoms with Gasteiger partial charge in [0, 0.05) is 44.2 Å². The van der Waals surface area contributed by atoms with Crippen molar-refractivity contribution < 1.29 is 13.2 Å². The average Bonchev–Trinajstić information content (AvgIpc) is 2.93. The smallest absolute Gasteiger partial charge is 0.325 e. The van der Waals surface area contributed by atoms with E-state index in [4.69, 9.17) is 0 Å². The molecular formula is C14H20N6O4S. The molecule has 1 aliphatic rings. The molecule has 2 amide bonds. The number of sulfone groups is 1. The first-order valence-electron chi connectivity index (χ1n) is 7.85. The van der Waals surface area contributed by atoms with Gasteiger partial charge in [-0.2, -0.15) is 0 Å². The molecule has 1 saturated heterocycles. The number of piperazine rings is 1. The summed E-state index contributed by atoms with van der Waals surface area (Å²) in [6, 6.07) is 1.13. The quantitative estimate of drug-likeness (QED) is 0.543. The number of urea groups is 1. The number of hydrogen-bond acceptors (Lipinski definition) is 6. The van der Waals surface area contributed by atoms with Gasteiger partial charge in [-0.05, 0) is 6.07 Å². The molecule has 2 aromatic heterocycles. The first-order valence-corrected chi connectivity index (χ1v) is 9.91. The number of fused-ring (bicyclic) bond motifs is 1. The van der Waals surface area contributed by atoms with Crippen molar-refractivity contribution >= 4 is 27.0 Å². The standard InChI is InChI=1S/C14H20N6O4S/c1-25(23,24)7-5-17-14(22)20-6-4-15-8-10(20)9-2-3-16-12-11(9)18-13(21)19-12/h2-3,10,15H,4-8H2,1H3,(H,17,22)(H2,16,18,19,21). The number of aromatic amines is 2. The van der Waals surface area contributed by atoms with Crippen LogP contribution in [0.3, 0.4) is 0 Å². The molecule has 3 rings (SSSR count). The summed E-state index contributed by atoms with van der Waals surface area (Å²) >= 11 is 0. The molecule has 1 atom stereocenters. The third-order valence-corrected chi connectivity index (χ3v) is 5.01. The van der Waals surface area contributed by atoms with Gasteiger partial charge in [0.15, 0.2) is 5.65 Å². The Balaban J connectivity index is 1.83. The minimum atomic E-state index is -3.14. The Labute approximate surface area is 143 Å². The van der Waals surface area contributed by atoms with Crippen LogP contribution in [0.2, 0.25) is 0 Å². The minimum absolute atomic E-state index is 0.0566. The number of pyridine rings is 1. The van der Waals surface area contributed by atoms with Crippen LogP contribution in [0.15, 0.2) is 17.1 Å². The SMILES string of the molecule is CS(=O)(=O)CCNC(=O)N1CCNCC1c1ccnc2[nH]c(=O)[nH]c12. The maximum atomic E-state index is 12.5. The molecule has 0 spiro atoms. The van der Waals surface area contributed by atoms with Gasteiger partial charge in [-0.3, -0.25) is 4.98 Å². The van der Waals surface area contributed by atoms with E-state index in [1.807, 2.05) is 0 Å². The van der Waals surface area contributed by atoms with E-state index in [0.717, 1.165) is 11.8 Å². The molecule has 1 aliphatic heterocycles. The van der Waals surface area contributed by atoms with Crippen LogP contribution in [-0.4, -0.2) is 72.5 Å². The van der Waals surface area contributed by atoms with Crippen LogP contribution in [-0.2, 0) is 9.84 Å². The van der Waals surface area contributed by atoms with Gasteiger partial charge in [-0.1, -0.05) is 0 Å². The Morgan fingerprint density at radius 2 is 2.24 bits per heavy atom. The number of H-pyrrole nitrogens is 2. The van der Waals surface area contributed by atoms with Gasteiger partial charge < -0.3 is 20.5 Å². The van der Waals surface area contributed by atoms with Crippen molar-refractivity contribution in [2.75, 3.05) is 38.2 Å². The average molecular weight is 368 g/mol. The van der Waals surface area contributed by atoms with Crippen LogP contribution in [0.4, 0.5) is 4.79 Å². The van der Waals surface area contributed by atoms with E-state index in [9.17, 15) is 18.0 Å². The summed E-state index contributed by atoms with van der Waals surface area (Å²) < 4.78 is 22.4. The summed E-state index contributed by atoms with van der Waals surface area (Å²) in [7, 11) is -3.14. The first-order chi connectivity index (χ1) is 11.8. The van der Waals surface area contributed by atoms with Crippen LogP contribution >= 0.6 is 0 Å². The zero-order valence-electron chi connectivity index (χ0n) is 13.7. The zero-order chi connectivity index (χ0) is 18.0. The number of carbonyl (C=O) groups excluding carboxylic acids is 1. The third kappa shape index (κ3) is 3.99. The van der Waals surface area contributed by atoms with Crippen LogP contribution in [0.5, 0.6) is 0 Å². The number of hydrogen-bond donors (Lipinski definition) is 4. The lowest BCUT2D eigenvalue weighted by atomic mass is 10.0. The summed E-state index contributed by atoms with van der Waals surface area (Å²) in [4.78, 5) is 35.1. The molecule has 3 heterocycles. The number of imidazole rings is 1. The fourth-order valence-corrected chi connectivity index (χ4v) is 3.38. The Bertz CT molecular complexity index is 934. The maximum absolute atomic E-state index is 12.5. The second kappa shape index (κ2) is 6.84. The number of amides is 2. The van der Waals surface area contributed by atoms with E-state index in [1.54, 1.807) is 17.2 Å². The molecule has 10 nitrogen and oxygen atoms in total. The minimum Gasteiger partial charge on any atom is -0.337 e. The van der Waals surface area contributed by atoms with E-state index in [2.05, 4.69) is 25.6 Å². The predicted molar refractivity (Wildman–Crippen MR) is 92.1 cm³/mol. The van der Waals surface area contributed by atoms with Crippen molar-refractivity contribution in [2.24, 2.45) is 0 Å². The van der Waals surface area contributed by atoms with Gasteiger partial charge in [0.05, 0.1) is 17.3 Å². The van der Waals surface area contributed by atoms with Crippen LogP contribution in [0, 0.1) is 0 Å². The summed E-state index contributed by atoms with van der Waals surface area (Å²) in [6.45, 7) is 1.68. The van der Waals surface area contributed by atoms with E-state index in [0.29, 0.717) is 30.8 Å². The molecule has 0 aliphatic carbocycles. The second-order valence-electron chi connectivity index (χ2n) is 5.98. The summed E-state index contributed by atoms with van der Waals surface area (Å²) in [5.41, 5.74) is 1.41. The molecular weight excluding hydrogens is 348 g/mol. The normalized spacial score (nSPS) is 18.4. The number of nitrogens with one attached hydrogen (secondary N) is 4. The number of rotatable bonds is 4. The largest absolute Gasteiger partial charge is 0.337 e. The van der Waals surface area contributed by atoms with Crippen molar-refractivity contribution in [2.45, 2.75) is 6.04 Å². The first kappa shape index (κ1) is 17.4. The van der Waals surface area contributed by atoms with Crippen molar-refractivity contribution in [3.8, 4) is 0 Å². The lowest BCUT2D eigenvalue weighted by Gasteiger charge is -2.36. The van der Waals surface area contributed by atoms with Gasteiger partial charge in [-0.25, -0.2) is 23.0 Å². The highest BCUT2D eigenvalue weighted by molar-refractivity contribution is 7.90. The van der Waals surface area contributed by atoms with Gasteiger partial charge in [0.1, 0.15) is 9.84 Å². The molecule has 25 heavy (non-hydrogen) atoms. The summed E-state index contributed by atoms with van der Waals surface area (Å²) in [5.74, 6) is -0.111. The Kier molecular flexibility index (Phi) is 4.77. The highest BCUT2D eigenvalue weighted by Gasteiger charge is 2.29. The van der Waals surface area contributed by atoms with Gasteiger partial charge in [0.2, 0.25) is 0 Å². The highest BCUT2D eigenvalue weighted by Crippen LogP contribution is 2.26. The summed E-state index contributed by atoms with van der Waals surface area (Å²) in [5, 5.41) is 5.88. The Hall–Kier alpha value is -2.40. The Morgan fingerprint density at radius 1 is 1.44 bits per heavy atom. The van der Waals surface area contributed by atoms with Crippen LogP contribution in [0.25, 0.3) is 11.2 Å². The van der Waals surface area contributed by atoms with Crippen LogP contribution in [0.1, 0.15) is 11.6 Å². The maximum Gasteiger partial charge on any atom is 0.325 e. The summed E-state index contributed by atoms with van der Waals surface area (Å²) in [6.07, 6.45) is 2.71. The Morgan fingerprint density at radius 3 is 3.00 bits per heavy atom.